The highest BCUT2D eigenvalue weighted by molar-refractivity contribution is 6.30. The molecule has 150 valence electrons. The van der Waals surface area contributed by atoms with Crippen LogP contribution < -0.4 is 5.43 Å². The van der Waals surface area contributed by atoms with Crippen molar-refractivity contribution in [2.75, 3.05) is 0 Å². The molecule has 2 aromatic carbocycles. The molecule has 0 fully saturated rings. The third-order valence-corrected chi connectivity index (χ3v) is 5.21. The standard InChI is InChI=1S/C24H26ClN3O/c1-4-5-6-19-7-13-23(14-8-19)28-17(2)15-21(18(28)3)16-26-27-24(29)20-9-11-22(25)12-10-20/h7-16H,4-6H2,1-3H3,(H,27,29)/b26-16-. The van der Waals surface area contributed by atoms with E-state index in [1.54, 1.807) is 30.5 Å². The predicted octanol–water partition coefficient (Wildman–Crippen LogP) is 5.85. The van der Waals surface area contributed by atoms with Gasteiger partial charge >= 0.3 is 0 Å². The van der Waals surface area contributed by atoms with Gasteiger partial charge in [0, 0.05) is 33.2 Å². The number of halogens is 1. The van der Waals surface area contributed by atoms with E-state index in [0.29, 0.717) is 10.6 Å². The molecule has 1 aromatic heterocycles. The maximum atomic E-state index is 12.2. The van der Waals surface area contributed by atoms with Crippen molar-refractivity contribution in [3.05, 3.63) is 87.7 Å². The lowest BCUT2D eigenvalue weighted by molar-refractivity contribution is 0.0955. The number of carbonyl (C=O) groups is 1. The first-order valence-electron chi connectivity index (χ1n) is 9.87. The molecule has 4 nitrogen and oxygen atoms in total. The molecule has 0 spiro atoms. The molecule has 1 N–H and O–H groups in total. The zero-order chi connectivity index (χ0) is 20.8. The zero-order valence-corrected chi connectivity index (χ0v) is 17.8. The molecule has 0 unspecified atom stereocenters. The van der Waals surface area contributed by atoms with Crippen molar-refractivity contribution in [2.45, 2.75) is 40.0 Å². The van der Waals surface area contributed by atoms with Crippen LogP contribution in [-0.4, -0.2) is 16.7 Å². The lowest BCUT2D eigenvalue weighted by Gasteiger charge is -2.10. The van der Waals surface area contributed by atoms with Crippen LogP contribution in [-0.2, 0) is 6.42 Å². The van der Waals surface area contributed by atoms with E-state index >= 15 is 0 Å². The smallest absolute Gasteiger partial charge is 0.271 e. The summed E-state index contributed by atoms with van der Waals surface area (Å²) >= 11 is 5.85. The molecule has 0 saturated carbocycles. The fourth-order valence-electron chi connectivity index (χ4n) is 3.33. The van der Waals surface area contributed by atoms with Crippen molar-refractivity contribution in [1.29, 1.82) is 0 Å². The largest absolute Gasteiger partial charge is 0.318 e. The van der Waals surface area contributed by atoms with E-state index in [9.17, 15) is 4.79 Å². The van der Waals surface area contributed by atoms with Gasteiger partial charge < -0.3 is 4.57 Å². The molecule has 0 aliphatic rings. The topological polar surface area (TPSA) is 46.4 Å². The summed E-state index contributed by atoms with van der Waals surface area (Å²) in [7, 11) is 0. The highest BCUT2D eigenvalue weighted by Crippen LogP contribution is 2.20. The number of aryl methyl sites for hydroxylation is 2. The number of carbonyl (C=O) groups excluding carboxylic acids is 1. The molecule has 0 atom stereocenters. The molecule has 0 saturated heterocycles. The Balaban J connectivity index is 1.72. The zero-order valence-electron chi connectivity index (χ0n) is 17.1. The van der Waals surface area contributed by atoms with Crippen LogP contribution in [0, 0.1) is 13.8 Å². The molecule has 29 heavy (non-hydrogen) atoms. The molecule has 0 aliphatic carbocycles. The Bertz CT molecular complexity index is 1000. The summed E-state index contributed by atoms with van der Waals surface area (Å²) in [5.41, 5.74) is 8.74. The molecule has 1 heterocycles. The lowest BCUT2D eigenvalue weighted by atomic mass is 10.1. The summed E-state index contributed by atoms with van der Waals surface area (Å²) in [6, 6.07) is 17.5. The summed E-state index contributed by atoms with van der Waals surface area (Å²) in [6.07, 6.45) is 5.21. The van der Waals surface area contributed by atoms with E-state index in [-0.39, 0.29) is 5.91 Å². The Kier molecular flexibility index (Phi) is 6.89. The van der Waals surface area contributed by atoms with Crippen LogP contribution in [0.3, 0.4) is 0 Å². The third kappa shape index (κ3) is 5.15. The molecular formula is C24H26ClN3O. The van der Waals surface area contributed by atoms with E-state index in [1.807, 2.05) is 0 Å². The van der Waals surface area contributed by atoms with Gasteiger partial charge in [-0.2, -0.15) is 5.10 Å². The lowest BCUT2D eigenvalue weighted by Crippen LogP contribution is -2.17. The Morgan fingerprint density at radius 3 is 2.45 bits per heavy atom. The van der Waals surface area contributed by atoms with Gasteiger partial charge in [0.15, 0.2) is 0 Å². The summed E-state index contributed by atoms with van der Waals surface area (Å²) in [5.74, 6) is -0.269. The minimum atomic E-state index is -0.269. The predicted molar refractivity (Wildman–Crippen MR) is 120 cm³/mol. The van der Waals surface area contributed by atoms with Crippen molar-refractivity contribution in [3.8, 4) is 5.69 Å². The second-order valence-electron chi connectivity index (χ2n) is 7.14. The number of hydrogen-bond donors (Lipinski definition) is 1. The maximum Gasteiger partial charge on any atom is 0.271 e. The van der Waals surface area contributed by atoms with Crippen LogP contribution >= 0.6 is 11.6 Å². The van der Waals surface area contributed by atoms with Gasteiger partial charge in [0.2, 0.25) is 0 Å². The highest BCUT2D eigenvalue weighted by atomic mass is 35.5. The van der Waals surface area contributed by atoms with Crippen LogP contribution in [0.1, 0.15) is 52.6 Å². The summed E-state index contributed by atoms with van der Waals surface area (Å²) in [5, 5.41) is 4.72. The molecular weight excluding hydrogens is 382 g/mol. The number of unbranched alkanes of at least 4 members (excludes halogenated alkanes) is 1. The molecule has 5 heteroatoms. The minimum absolute atomic E-state index is 0.269. The van der Waals surface area contributed by atoms with Crippen LogP contribution in [0.2, 0.25) is 5.02 Å². The average molecular weight is 408 g/mol. The first-order valence-corrected chi connectivity index (χ1v) is 10.2. The Hall–Kier alpha value is -2.85. The molecule has 3 aromatic rings. The maximum absolute atomic E-state index is 12.2. The fraction of sp³-hybridized carbons (Fsp3) is 0.250. The fourth-order valence-corrected chi connectivity index (χ4v) is 3.46. The number of nitrogens with zero attached hydrogens (tertiary/aromatic N) is 2. The minimum Gasteiger partial charge on any atom is -0.318 e. The Morgan fingerprint density at radius 2 is 1.79 bits per heavy atom. The van der Waals surface area contributed by atoms with Gasteiger partial charge in [0.25, 0.3) is 5.91 Å². The van der Waals surface area contributed by atoms with E-state index in [4.69, 9.17) is 11.6 Å². The van der Waals surface area contributed by atoms with Crippen LogP contribution in [0.15, 0.2) is 59.7 Å². The van der Waals surface area contributed by atoms with Crippen molar-refractivity contribution in [3.63, 3.8) is 0 Å². The van der Waals surface area contributed by atoms with E-state index < -0.39 is 0 Å². The van der Waals surface area contributed by atoms with Gasteiger partial charge in [0.1, 0.15) is 0 Å². The first kappa shape index (κ1) is 20.9. The van der Waals surface area contributed by atoms with E-state index in [0.717, 1.165) is 29.1 Å². The van der Waals surface area contributed by atoms with E-state index in [1.165, 1.54) is 18.4 Å². The molecule has 1 amide bonds. The van der Waals surface area contributed by atoms with Crippen molar-refractivity contribution >= 4 is 23.7 Å². The Labute approximate surface area is 177 Å². The molecule has 0 aliphatic heterocycles. The number of hydrogen-bond acceptors (Lipinski definition) is 2. The van der Waals surface area contributed by atoms with Crippen molar-refractivity contribution in [2.24, 2.45) is 5.10 Å². The van der Waals surface area contributed by atoms with Crippen LogP contribution in [0.25, 0.3) is 5.69 Å². The number of aromatic nitrogens is 1. The first-order chi connectivity index (χ1) is 14.0. The average Bonchev–Trinajstić information content (AvgIpc) is 3.00. The third-order valence-electron chi connectivity index (χ3n) is 4.96. The second kappa shape index (κ2) is 9.57. The van der Waals surface area contributed by atoms with Crippen LogP contribution in [0.4, 0.5) is 0 Å². The van der Waals surface area contributed by atoms with E-state index in [2.05, 4.69) is 66.2 Å². The van der Waals surface area contributed by atoms with Gasteiger partial charge in [-0.25, -0.2) is 5.43 Å². The Morgan fingerprint density at radius 1 is 1.10 bits per heavy atom. The SMILES string of the molecule is CCCCc1ccc(-n2c(C)cc(/C=N\NC(=O)c3ccc(Cl)cc3)c2C)cc1. The molecule has 3 rings (SSSR count). The number of amides is 1. The van der Waals surface area contributed by atoms with Gasteiger partial charge in [0.05, 0.1) is 6.21 Å². The number of benzene rings is 2. The number of nitrogens with one attached hydrogen (secondary N) is 1. The quantitative estimate of drug-likeness (QED) is 0.387. The van der Waals surface area contributed by atoms with Gasteiger partial charge in [-0.3, -0.25) is 4.79 Å². The van der Waals surface area contributed by atoms with Gasteiger partial charge in [-0.15, -0.1) is 0 Å². The van der Waals surface area contributed by atoms with Gasteiger partial charge in [-0.1, -0.05) is 37.1 Å². The van der Waals surface area contributed by atoms with Crippen LogP contribution in [0.5, 0.6) is 0 Å². The second-order valence-corrected chi connectivity index (χ2v) is 7.57. The van der Waals surface area contributed by atoms with Crippen molar-refractivity contribution < 1.29 is 4.79 Å². The number of rotatable bonds is 7. The highest BCUT2D eigenvalue weighted by Gasteiger charge is 2.10. The summed E-state index contributed by atoms with van der Waals surface area (Å²) in [6.45, 7) is 6.34. The molecule has 0 bridgehead atoms. The number of hydrazone groups is 1. The normalized spacial score (nSPS) is 11.2. The summed E-state index contributed by atoms with van der Waals surface area (Å²) in [4.78, 5) is 12.2. The molecule has 0 radical (unpaired) electrons. The van der Waals surface area contributed by atoms with Crippen molar-refractivity contribution in [1.82, 2.24) is 9.99 Å². The summed E-state index contributed by atoms with van der Waals surface area (Å²) < 4.78 is 2.20. The monoisotopic (exact) mass is 407 g/mol. The van der Waals surface area contributed by atoms with Gasteiger partial charge in [-0.05, 0) is 74.7 Å².